The van der Waals surface area contributed by atoms with Crippen molar-refractivity contribution < 1.29 is 4.79 Å². The summed E-state index contributed by atoms with van der Waals surface area (Å²) in [5.74, 6) is -0.132. The molecule has 6 heteroatoms. The van der Waals surface area contributed by atoms with Crippen LogP contribution in [0.15, 0.2) is 48.8 Å². The van der Waals surface area contributed by atoms with Crippen LogP contribution >= 0.6 is 0 Å². The molecule has 0 saturated carbocycles. The van der Waals surface area contributed by atoms with Gasteiger partial charge in [0.25, 0.3) is 5.91 Å². The van der Waals surface area contributed by atoms with Crippen LogP contribution in [-0.4, -0.2) is 64.9 Å². The Labute approximate surface area is 165 Å². The van der Waals surface area contributed by atoms with Crippen LogP contribution in [0.4, 0.5) is 5.69 Å². The van der Waals surface area contributed by atoms with Gasteiger partial charge in [-0.05, 0) is 50.2 Å². The number of hydrogen-bond acceptors (Lipinski definition) is 4. The molecule has 28 heavy (non-hydrogen) atoms. The minimum atomic E-state index is -0.132. The van der Waals surface area contributed by atoms with Crippen LogP contribution in [0.25, 0.3) is 5.65 Å². The molecule has 0 spiro atoms. The van der Waals surface area contributed by atoms with E-state index >= 15 is 0 Å². The third-order valence-electron chi connectivity index (χ3n) is 5.46. The summed E-state index contributed by atoms with van der Waals surface area (Å²) in [6, 6.07) is 11.8. The van der Waals surface area contributed by atoms with Crippen molar-refractivity contribution in [2.75, 3.05) is 45.1 Å². The van der Waals surface area contributed by atoms with Crippen LogP contribution in [0.1, 0.15) is 21.6 Å². The molecule has 1 N–H and O–H groups in total. The van der Waals surface area contributed by atoms with Crippen molar-refractivity contribution in [1.29, 1.82) is 0 Å². The first-order valence-electron chi connectivity index (χ1n) is 9.84. The molecule has 4 rings (SSSR count). The SMILES string of the molecule is Cc1cnc2c(C(=O)Nc3cccc(CCN4CCN(C)CC4)c3)cccn12. The van der Waals surface area contributed by atoms with Gasteiger partial charge in [-0.3, -0.25) is 4.79 Å². The Balaban J connectivity index is 1.42. The molecule has 1 saturated heterocycles. The lowest BCUT2D eigenvalue weighted by Gasteiger charge is -2.32. The third-order valence-corrected chi connectivity index (χ3v) is 5.46. The molecule has 0 radical (unpaired) electrons. The number of carbonyl (C=O) groups is 1. The summed E-state index contributed by atoms with van der Waals surface area (Å²) in [6.45, 7) is 7.55. The second-order valence-electron chi connectivity index (χ2n) is 7.56. The van der Waals surface area contributed by atoms with Crippen LogP contribution in [0.2, 0.25) is 0 Å². The van der Waals surface area contributed by atoms with Gasteiger partial charge >= 0.3 is 0 Å². The number of carbonyl (C=O) groups excluding carboxylic acids is 1. The van der Waals surface area contributed by atoms with Crippen molar-refractivity contribution in [3.05, 3.63) is 65.6 Å². The third kappa shape index (κ3) is 4.08. The molecule has 1 aliphatic rings. The van der Waals surface area contributed by atoms with Crippen molar-refractivity contribution in [3.8, 4) is 0 Å². The Hall–Kier alpha value is -2.70. The van der Waals surface area contributed by atoms with E-state index in [1.165, 1.54) is 5.56 Å². The molecule has 1 amide bonds. The summed E-state index contributed by atoms with van der Waals surface area (Å²) >= 11 is 0. The van der Waals surface area contributed by atoms with Crippen molar-refractivity contribution >= 4 is 17.2 Å². The number of pyridine rings is 1. The number of nitrogens with zero attached hydrogens (tertiary/aromatic N) is 4. The molecule has 1 aliphatic heterocycles. The van der Waals surface area contributed by atoms with Gasteiger partial charge in [0.2, 0.25) is 0 Å². The monoisotopic (exact) mass is 377 g/mol. The molecular weight excluding hydrogens is 350 g/mol. The molecular formula is C22H27N5O. The Morgan fingerprint density at radius 1 is 1.14 bits per heavy atom. The van der Waals surface area contributed by atoms with E-state index in [-0.39, 0.29) is 5.91 Å². The zero-order valence-electron chi connectivity index (χ0n) is 16.6. The van der Waals surface area contributed by atoms with Gasteiger partial charge < -0.3 is 19.5 Å². The van der Waals surface area contributed by atoms with E-state index in [2.05, 4.69) is 39.3 Å². The molecule has 0 atom stereocenters. The van der Waals surface area contributed by atoms with E-state index in [0.717, 1.165) is 50.5 Å². The van der Waals surface area contributed by atoms with E-state index in [0.29, 0.717) is 11.2 Å². The molecule has 0 aliphatic carbocycles. The number of fused-ring (bicyclic) bond motifs is 1. The van der Waals surface area contributed by atoms with Crippen molar-refractivity contribution in [2.24, 2.45) is 0 Å². The molecule has 1 fully saturated rings. The Morgan fingerprint density at radius 2 is 1.96 bits per heavy atom. The number of likely N-dealkylation sites (N-methyl/N-ethyl adjacent to an activating group) is 1. The first-order valence-corrected chi connectivity index (χ1v) is 9.84. The van der Waals surface area contributed by atoms with Crippen molar-refractivity contribution in [3.63, 3.8) is 0 Å². The van der Waals surface area contributed by atoms with Gasteiger partial charge in [-0.15, -0.1) is 0 Å². The topological polar surface area (TPSA) is 52.9 Å². The highest BCUT2D eigenvalue weighted by atomic mass is 16.1. The molecule has 1 aromatic carbocycles. The maximum Gasteiger partial charge on any atom is 0.259 e. The summed E-state index contributed by atoms with van der Waals surface area (Å²) in [5.41, 5.74) is 4.34. The first-order chi connectivity index (χ1) is 13.6. The van der Waals surface area contributed by atoms with Crippen LogP contribution in [0.5, 0.6) is 0 Å². The fourth-order valence-corrected chi connectivity index (χ4v) is 3.67. The molecule has 146 valence electrons. The lowest BCUT2D eigenvalue weighted by molar-refractivity contribution is 0.102. The lowest BCUT2D eigenvalue weighted by atomic mass is 10.1. The smallest absolute Gasteiger partial charge is 0.259 e. The maximum atomic E-state index is 12.8. The fraction of sp³-hybridized carbons (Fsp3) is 0.364. The summed E-state index contributed by atoms with van der Waals surface area (Å²) < 4.78 is 1.93. The van der Waals surface area contributed by atoms with Gasteiger partial charge in [-0.25, -0.2) is 4.98 Å². The number of nitrogens with one attached hydrogen (secondary N) is 1. The normalized spacial score (nSPS) is 15.8. The number of piperazine rings is 1. The zero-order valence-corrected chi connectivity index (χ0v) is 16.6. The van der Waals surface area contributed by atoms with Crippen molar-refractivity contribution in [2.45, 2.75) is 13.3 Å². The maximum absolute atomic E-state index is 12.8. The molecule has 0 unspecified atom stereocenters. The van der Waals surface area contributed by atoms with E-state index in [1.54, 1.807) is 6.20 Å². The summed E-state index contributed by atoms with van der Waals surface area (Å²) in [7, 11) is 2.18. The number of anilines is 1. The first kappa shape index (κ1) is 18.7. The number of amides is 1. The highest BCUT2D eigenvalue weighted by Crippen LogP contribution is 2.16. The van der Waals surface area contributed by atoms with Gasteiger partial charge in [0.1, 0.15) is 5.65 Å². The molecule has 6 nitrogen and oxygen atoms in total. The van der Waals surface area contributed by atoms with E-state index in [4.69, 9.17) is 0 Å². The fourth-order valence-electron chi connectivity index (χ4n) is 3.67. The van der Waals surface area contributed by atoms with Gasteiger partial charge in [0.05, 0.1) is 5.56 Å². The minimum Gasteiger partial charge on any atom is -0.322 e. The van der Waals surface area contributed by atoms with Crippen LogP contribution in [-0.2, 0) is 6.42 Å². The Bertz CT molecular complexity index is 972. The largest absolute Gasteiger partial charge is 0.322 e. The van der Waals surface area contributed by atoms with Gasteiger partial charge in [0, 0.05) is 56.5 Å². The van der Waals surface area contributed by atoms with Gasteiger partial charge in [-0.1, -0.05) is 12.1 Å². The standard InChI is InChI=1S/C22H27N5O/c1-17-16-23-21-20(7-4-9-27(17)21)22(28)24-19-6-3-5-18(15-19)8-10-26-13-11-25(2)12-14-26/h3-7,9,15-16H,8,10-14H2,1-2H3,(H,24,28). The van der Waals surface area contributed by atoms with E-state index in [1.807, 2.05) is 41.8 Å². The predicted octanol–water partition coefficient (Wildman–Crippen LogP) is 2.68. The predicted molar refractivity (Wildman–Crippen MR) is 112 cm³/mol. The minimum absolute atomic E-state index is 0.132. The van der Waals surface area contributed by atoms with Crippen LogP contribution < -0.4 is 5.32 Å². The number of rotatable bonds is 5. The average Bonchev–Trinajstić information content (AvgIpc) is 3.09. The number of aryl methyl sites for hydroxylation is 1. The quantitative estimate of drug-likeness (QED) is 0.743. The van der Waals surface area contributed by atoms with E-state index in [9.17, 15) is 4.79 Å². The summed E-state index contributed by atoms with van der Waals surface area (Å²) in [5, 5.41) is 3.03. The summed E-state index contributed by atoms with van der Waals surface area (Å²) in [6.07, 6.45) is 4.70. The number of hydrogen-bond donors (Lipinski definition) is 1. The van der Waals surface area contributed by atoms with Crippen LogP contribution in [0, 0.1) is 6.92 Å². The van der Waals surface area contributed by atoms with Crippen LogP contribution in [0.3, 0.4) is 0 Å². The number of aromatic nitrogens is 2. The Kier molecular flexibility index (Phi) is 5.41. The second kappa shape index (κ2) is 8.12. The van der Waals surface area contributed by atoms with Gasteiger partial charge in [0.15, 0.2) is 0 Å². The highest BCUT2D eigenvalue weighted by Gasteiger charge is 2.15. The molecule has 3 heterocycles. The molecule has 0 bridgehead atoms. The summed E-state index contributed by atoms with van der Waals surface area (Å²) in [4.78, 5) is 22.1. The van der Waals surface area contributed by atoms with E-state index < -0.39 is 0 Å². The lowest BCUT2D eigenvalue weighted by Crippen LogP contribution is -2.45. The zero-order chi connectivity index (χ0) is 19.5. The highest BCUT2D eigenvalue weighted by molar-refractivity contribution is 6.08. The Morgan fingerprint density at radius 3 is 2.79 bits per heavy atom. The number of imidazole rings is 1. The second-order valence-corrected chi connectivity index (χ2v) is 7.56. The number of benzene rings is 1. The average molecular weight is 377 g/mol. The van der Waals surface area contributed by atoms with Gasteiger partial charge in [-0.2, -0.15) is 0 Å². The molecule has 3 aromatic rings. The van der Waals surface area contributed by atoms with Crippen molar-refractivity contribution in [1.82, 2.24) is 19.2 Å². The molecule has 2 aromatic heterocycles.